The number of imidazole rings is 1. The lowest BCUT2D eigenvalue weighted by molar-refractivity contribution is 0.556. The van der Waals surface area contributed by atoms with Gasteiger partial charge in [0.15, 0.2) is 5.65 Å². The van der Waals surface area contributed by atoms with E-state index in [1.807, 2.05) is 0 Å². The lowest BCUT2D eigenvalue weighted by atomic mass is 10.2. The molecule has 1 saturated carbocycles. The summed E-state index contributed by atoms with van der Waals surface area (Å²) in [6.07, 6.45) is 5.95. The molecule has 96 valence electrons. The van der Waals surface area contributed by atoms with E-state index in [1.165, 1.54) is 12.8 Å². The Hall–Kier alpha value is -1.14. The van der Waals surface area contributed by atoms with Crippen molar-refractivity contribution >= 4 is 22.9 Å². The smallest absolute Gasteiger partial charge is 0.181 e. The summed E-state index contributed by atoms with van der Waals surface area (Å²) in [4.78, 5) is 15.7. The van der Waals surface area contributed by atoms with Crippen LogP contribution in [0, 0.1) is 5.92 Å². The topological polar surface area (TPSA) is 66.5 Å². The van der Waals surface area contributed by atoms with Crippen LogP contribution in [0.2, 0.25) is 0 Å². The Morgan fingerprint density at radius 1 is 1.44 bits per heavy atom. The van der Waals surface area contributed by atoms with E-state index < -0.39 is 0 Å². The van der Waals surface area contributed by atoms with E-state index in [0.717, 1.165) is 34.5 Å². The molecule has 2 aromatic rings. The first-order chi connectivity index (χ1) is 8.83. The molecule has 0 amide bonds. The van der Waals surface area contributed by atoms with Gasteiger partial charge in [0.2, 0.25) is 0 Å². The minimum Gasteiger partial charge on any atom is -0.341 e. The average molecular weight is 263 g/mol. The number of hydrogen-bond donors (Lipinski definition) is 2. The molecule has 1 unspecified atom stereocenters. The van der Waals surface area contributed by atoms with Crippen molar-refractivity contribution in [3.8, 4) is 0 Å². The van der Waals surface area contributed by atoms with E-state index in [9.17, 15) is 0 Å². The third-order valence-corrected chi connectivity index (χ3v) is 4.34. The molecule has 18 heavy (non-hydrogen) atoms. The Morgan fingerprint density at radius 3 is 3.17 bits per heavy atom. The Labute approximate surface area is 110 Å². The molecule has 0 bridgehead atoms. The van der Waals surface area contributed by atoms with Gasteiger partial charge in [-0.15, -0.1) is 11.8 Å². The molecule has 1 atom stereocenters. The molecular weight excluding hydrogens is 246 g/mol. The third-order valence-electron chi connectivity index (χ3n) is 3.03. The summed E-state index contributed by atoms with van der Waals surface area (Å²) in [6.45, 7) is 3.36. The van der Waals surface area contributed by atoms with Crippen LogP contribution >= 0.6 is 11.8 Å². The maximum absolute atomic E-state index is 4.32. The lowest BCUT2D eigenvalue weighted by Gasteiger charge is -2.11. The van der Waals surface area contributed by atoms with Crippen molar-refractivity contribution in [3.05, 3.63) is 12.7 Å². The highest BCUT2D eigenvalue weighted by Crippen LogP contribution is 2.24. The summed E-state index contributed by atoms with van der Waals surface area (Å²) in [6, 6.07) is 0.788. The number of H-pyrrole nitrogens is 1. The van der Waals surface area contributed by atoms with Gasteiger partial charge in [-0.25, -0.2) is 15.0 Å². The molecule has 0 spiro atoms. The number of nitrogens with zero attached hydrogens (tertiary/aromatic N) is 3. The zero-order valence-electron chi connectivity index (χ0n) is 10.4. The molecule has 0 saturated heterocycles. The fraction of sp³-hybridized carbons (Fsp3) is 0.583. The van der Waals surface area contributed by atoms with Crippen molar-refractivity contribution in [2.45, 2.75) is 30.8 Å². The molecule has 2 N–H and O–H groups in total. The maximum atomic E-state index is 4.32. The number of hydrogen-bond acceptors (Lipinski definition) is 5. The molecule has 1 aliphatic rings. The Balaban J connectivity index is 1.56. The predicted molar refractivity (Wildman–Crippen MR) is 72.6 cm³/mol. The summed E-state index contributed by atoms with van der Waals surface area (Å²) in [5.41, 5.74) is 1.70. The van der Waals surface area contributed by atoms with Crippen LogP contribution in [0.4, 0.5) is 0 Å². The normalized spacial score (nSPS) is 17.2. The molecule has 1 fully saturated rings. The summed E-state index contributed by atoms with van der Waals surface area (Å²) in [5.74, 6) is 1.70. The number of aromatic amines is 1. The molecular formula is C12H17N5S. The quantitative estimate of drug-likeness (QED) is 0.615. The summed E-state index contributed by atoms with van der Waals surface area (Å²) < 4.78 is 0. The first-order valence-electron chi connectivity index (χ1n) is 6.33. The first-order valence-corrected chi connectivity index (χ1v) is 7.32. The Bertz CT molecular complexity index is 522. The van der Waals surface area contributed by atoms with Gasteiger partial charge in [0, 0.05) is 11.8 Å². The summed E-state index contributed by atoms with van der Waals surface area (Å²) in [5, 5.41) is 4.55. The van der Waals surface area contributed by atoms with E-state index >= 15 is 0 Å². The number of thioether (sulfide) groups is 1. The van der Waals surface area contributed by atoms with Crippen LogP contribution in [0.15, 0.2) is 17.7 Å². The minimum absolute atomic E-state index is 0.642. The van der Waals surface area contributed by atoms with Crippen LogP contribution in [0.25, 0.3) is 11.2 Å². The van der Waals surface area contributed by atoms with Gasteiger partial charge in [0.25, 0.3) is 0 Å². The number of nitrogens with one attached hydrogen (secondary N) is 2. The molecule has 3 rings (SSSR count). The highest BCUT2D eigenvalue weighted by molar-refractivity contribution is 7.99. The highest BCUT2D eigenvalue weighted by Gasteiger charge is 2.20. The van der Waals surface area contributed by atoms with E-state index in [-0.39, 0.29) is 0 Å². The van der Waals surface area contributed by atoms with Crippen molar-refractivity contribution < 1.29 is 0 Å². The summed E-state index contributed by atoms with van der Waals surface area (Å²) in [7, 11) is 0. The van der Waals surface area contributed by atoms with E-state index in [4.69, 9.17) is 0 Å². The van der Waals surface area contributed by atoms with Crippen LogP contribution in [0.1, 0.15) is 19.8 Å². The highest BCUT2D eigenvalue weighted by atomic mass is 32.2. The number of rotatable bonds is 6. The monoisotopic (exact) mass is 263 g/mol. The van der Waals surface area contributed by atoms with Crippen LogP contribution in [0.5, 0.6) is 0 Å². The van der Waals surface area contributed by atoms with Gasteiger partial charge in [-0.05, 0) is 25.3 Å². The molecule has 2 heterocycles. The standard InChI is InChI=1S/C12H17N5S/c1-8(4-13-9-2-3-9)5-18-12-10-11(15-6-14-10)16-7-17-12/h6-9,13H,2-5H2,1H3,(H,14,15,16,17). The molecule has 0 radical (unpaired) electrons. The third kappa shape index (κ3) is 2.81. The molecule has 2 aromatic heterocycles. The zero-order chi connectivity index (χ0) is 12.4. The van der Waals surface area contributed by atoms with Gasteiger partial charge in [-0.2, -0.15) is 0 Å². The molecule has 5 nitrogen and oxygen atoms in total. The van der Waals surface area contributed by atoms with Crippen molar-refractivity contribution in [2.24, 2.45) is 5.92 Å². The first kappa shape index (κ1) is 11.9. The average Bonchev–Trinajstić information content (AvgIpc) is 3.09. The largest absolute Gasteiger partial charge is 0.341 e. The molecule has 1 aliphatic carbocycles. The van der Waals surface area contributed by atoms with Gasteiger partial charge < -0.3 is 10.3 Å². The molecule has 6 heteroatoms. The fourth-order valence-electron chi connectivity index (χ4n) is 1.79. The fourth-order valence-corrected chi connectivity index (χ4v) is 2.76. The lowest BCUT2D eigenvalue weighted by Crippen LogP contribution is -2.24. The van der Waals surface area contributed by atoms with Gasteiger partial charge in [-0.1, -0.05) is 6.92 Å². The van der Waals surface area contributed by atoms with Crippen molar-refractivity contribution in [1.82, 2.24) is 25.3 Å². The van der Waals surface area contributed by atoms with Crippen molar-refractivity contribution in [2.75, 3.05) is 12.3 Å². The van der Waals surface area contributed by atoms with Gasteiger partial charge in [0.1, 0.15) is 16.9 Å². The SMILES string of the molecule is CC(CNC1CC1)CSc1ncnc2nc[nH]c12. The van der Waals surface area contributed by atoms with Crippen LogP contribution in [-0.2, 0) is 0 Å². The maximum Gasteiger partial charge on any atom is 0.181 e. The van der Waals surface area contributed by atoms with Crippen LogP contribution < -0.4 is 5.32 Å². The van der Waals surface area contributed by atoms with Crippen LogP contribution in [-0.4, -0.2) is 38.3 Å². The van der Waals surface area contributed by atoms with E-state index in [1.54, 1.807) is 24.4 Å². The predicted octanol–water partition coefficient (Wildman–Crippen LogP) is 1.83. The second kappa shape index (κ2) is 5.24. The second-order valence-corrected chi connectivity index (χ2v) is 5.89. The van der Waals surface area contributed by atoms with Crippen molar-refractivity contribution in [1.29, 1.82) is 0 Å². The van der Waals surface area contributed by atoms with Crippen molar-refractivity contribution in [3.63, 3.8) is 0 Å². The molecule has 0 aromatic carbocycles. The summed E-state index contributed by atoms with van der Waals surface area (Å²) >= 11 is 1.77. The molecule has 0 aliphatic heterocycles. The Kier molecular flexibility index (Phi) is 3.47. The van der Waals surface area contributed by atoms with Gasteiger partial charge in [0.05, 0.1) is 6.33 Å². The van der Waals surface area contributed by atoms with Gasteiger partial charge in [-0.3, -0.25) is 0 Å². The number of fused-ring (bicyclic) bond motifs is 1. The van der Waals surface area contributed by atoms with E-state index in [2.05, 4.69) is 32.2 Å². The number of aromatic nitrogens is 4. The van der Waals surface area contributed by atoms with Crippen LogP contribution in [0.3, 0.4) is 0 Å². The Morgan fingerprint density at radius 2 is 2.33 bits per heavy atom. The minimum atomic E-state index is 0.642. The zero-order valence-corrected chi connectivity index (χ0v) is 11.2. The van der Waals surface area contributed by atoms with Gasteiger partial charge >= 0.3 is 0 Å². The van der Waals surface area contributed by atoms with E-state index in [0.29, 0.717) is 5.92 Å². The second-order valence-electron chi connectivity index (χ2n) is 4.88.